The Morgan fingerprint density at radius 1 is 1.00 bits per heavy atom. The van der Waals surface area contributed by atoms with Crippen LogP contribution in [0.2, 0.25) is 0 Å². The Kier molecular flexibility index (Phi) is 6.03. The van der Waals surface area contributed by atoms with Gasteiger partial charge in [-0.2, -0.15) is 0 Å². The van der Waals surface area contributed by atoms with Gasteiger partial charge in [0, 0.05) is 23.0 Å². The van der Waals surface area contributed by atoms with E-state index in [1.165, 1.54) is 0 Å². The van der Waals surface area contributed by atoms with Gasteiger partial charge in [0.15, 0.2) is 0 Å². The largest absolute Gasteiger partial charge is 0.494 e. The van der Waals surface area contributed by atoms with Gasteiger partial charge < -0.3 is 19.5 Å². The monoisotopic (exact) mass is 467 g/mol. The Morgan fingerprint density at radius 2 is 1.71 bits per heavy atom. The van der Waals surface area contributed by atoms with Crippen LogP contribution in [0.15, 0.2) is 84.9 Å². The van der Waals surface area contributed by atoms with Crippen molar-refractivity contribution in [1.82, 2.24) is 14.8 Å². The number of aromatic nitrogens is 1. The predicted octanol–water partition coefficient (Wildman–Crippen LogP) is 4.77. The van der Waals surface area contributed by atoms with Crippen molar-refractivity contribution < 1.29 is 14.3 Å². The van der Waals surface area contributed by atoms with Gasteiger partial charge in [0.2, 0.25) is 5.91 Å². The van der Waals surface area contributed by atoms with Crippen LogP contribution >= 0.6 is 0 Å². The number of rotatable bonds is 7. The number of nitrogens with zero attached hydrogens (tertiary/aromatic N) is 2. The summed E-state index contributed by atoms with van der Waals surface area (Å²) in [7, 11) is 0. The molecule has 2 amide bonds. The van der Waals surface area contributed by atoms with E-state index in [4.69, 9.17) is 4.74 Å². The van der Waals surface area contributed by atoms with Crippen molar-refractivity contribution in [2.45, 2.75) is 39.0 Å². The summed E-state index contributed by atoms with van der Waals surface area (Å²) in [6.07, 6.45) is 0. The fourth-order valence-electron chi connectivity index (χ4n) is 4.82. The number of nitrogens with one attached hydrogen (secondary N) is 1. The van der Waals surface area contributed by atoms with Crippen LogP contribution < -0.4 is 10.1 Å². The molecule has 0 fully saturated rings. The van der Waals surface area contributed by atoms with Gasteiger partial charge in [-0.05, 0) is 37.6 Å². The van der Waals surface area contributed by atoms with Crippen LogP contribution in [0.3, 0.4) is 0 Å². The summed E-state index contributed by atoms with van der Waals surface area (Å²) < 4.78 is 7.80. The van der Waals surface area contributed by atoms with E-state index >= 15 is 0 Å². The van der Waals surface area contributed by atoms with Crippen LogP contribution in [0.4, 0.5) is 0 Å². The number of carbonyl (C=O) groups excluding carboxylic acids is 2. The van der Waals surface area contributed by atoms with E-state index in [1.54, 1.807) is 4.90 Å². The molecule has 5 rings (SSSR count). The fourth-order valence-corrected chi connectivity index (χ4v) is 4.82. The number of ether oxygens (including phenoxy) is 1. The molecule has 0 unspecified atom stereocenters. The second-order valence-corrected chi connectivity index (χ2v) is 9.05. The van der Waals surface area contributed by atoms with E-state index in [2.05, 4.69) is 5.32 Å². The molecule has 35 heavy (non-hydrogen) atoms. The molecule has 0 radical (unpaired) electrons. The summed E-state index contributed by atoms with van der Waals surface area (Å²) in [6, 6.07) is 27.3. The molecule has 0 spiro atoms. The first kappa shape index (κ1) is 22.7. The highest BCUT2D eigenvalue weighted by molar-refractivity contribution is 6.03. The van der Waals surface area contributed by atoms with Crippen LogP contribution in [0.1, 0.15) is 35.5 Å². The van der Waals surface area contributed by atoms with E-state index in [0.717, 1.165) is 27.8 Å². The number of amides is 2. The zero-order valence-corrected chi connectivity index (χ0v) is 20.0. The van der Waals surface area contributed by atoms with Crippen LogP contribution in [-0.2, 0) is 24.4 Å². The molecule has 4 aromatic rings. The average molecular weight is 468 g/mol. The Morgan fingerprint density at radius 3 is 2.51 bits per heavy atom. The predicted molar refractivity (Wildman–Crippen MR) is 136 cm³/mol. The molecule has 1 aliphatic heterocycles. The maximum atomic E-state index is 13.9. The van der Waals surface area contributed by atoms with Gasteiger partial charge in [-0.25, -0.2) is 0 Å². The summed E-state index contributed by atoms with van der Waals surface area (Å²) in [5.74, 6) is 0.365. The second-order valence-electron chi connectivity index (χ2n) is 9.05. The lowest BCUT2D eigenvalue weighted by molar-refractivity contribution is -0.133. The van der Waals surface area contributed by atoms with Gasteiger partial charge in [0.05, 0.1) is 19.7 Å². The number of fused-ring (bicyclic) bond motifs is 3. The summed E-state index contributed by atoms with van der Waals surface area (Å²) in [4.78, 5) is 29.4. The average Bonchev–Trinajstić information content (AvgIpc) is 3.25. The maximum Gasteiger partial charge on any atom is 0.271 e. The first-order valence-electron chi connectivity index (χ1n) is 11.9. The van der Waals surface area contributed by atoms with Gasteiger partial charge in [-0.1, -0.05) is 66.7 Å². The molecule has 0 saturated carbocycles. The minimum Gasteiger partial charge on any atom is -0.494 e. The molecule has 1 aromatic heterocycles. The summed E-state index contributed by atoms with van der Waals surface area (Å²) in [5.41, 5.74) is 2.32. The highest BCUT2D eigenvalue weighted by Gasteiger charge is 2.47. The van der Waals surface area contributed by atoms with Crippen molar-refractivity contribution in [2.75, 3.05) is 6.61 Å². The standard InChI is InChI=1S/C29H29N3O3/c1-3-35-26-16-10-8-14-23(26)19-32-27(33)25-17-22-13-7-9-15-24(22)31(25)20-29(32,2)28(34)30-18-21-11-5-4-6-12-21/h4-17H,3,18-20H2,1-2H3,(H,30,34)/t29-/m1/s1. The highest BCUT2D eigenvalue weighted by atomic mass is 16.5. The molecule has 1 N–H and O–H groups in total. The van der Waals surface area contributed by atoms with Crippen LogP contribution in [0, 0.1) is 0 Å². The smallest absolute Gasteiger partial charge is 0.271 e. The molecule has 2 heterocycles. The van der Waals surface area contributed by atoms with Gasteiger partial charge >= 0.3 is 0 Å². The van der Waals surface area contributed by atoms with Crippen molar-refractivity contribution in [3.63, 3.8) is 0 Å². The quantitative estimate of drug-likeness (QED) is 0.426. The van der Waals surface area contributed by atoms with Crippen LogP contribution in [-0.4, -0.2) is 33.4 Å². The molecule has 0 aliphatic carbocycles. The van der Waals surface area contributed by atoms with Crippen molar-refractivity contribution in [3.05, 3.63) is 102 Å². The Labute approximate surface area is 205 Å². The minimum absolute atomic E-state index is 0.170. The lowest BCUT2D eigenvalue weighted by Crippen LogP contribution is -2.63. The Hall–Kier alpha value is -4.06. The Bertz CT molecular complexity index is 1380. The summed E-state index contributed by atoms with van der Waals surface area (Å²) >= 11 is 0. The zero-order chi connectivity index (χ0) is 24.4. The first-order valence-corrected chi connectivity index (χ1v) is 11.9. The van der Waals surface area contributed by atoms with Crippen LogP contribution in [0.5, 0.6) is 5.75 Å². The van der Waals surface area contributed by atoms with Gasteiger partial charge in [-0.3, -0.25) is 9.59 Å². The molecule has 178 valence electrons. The fraction of sp³-hybridized carbons (Fsp3) is 0.241. The number of hydrogen-bond donors (Lipinski definition) is 1. The molecule has 0 bridgehead atoms. The SMILES string of the molecule is CCOc1ccccc1CN1C(=O)c2cc3ccccc3n2C[C@]1(C)C(=O)NCc1ccccc1. The lowest BCUT2D eigenvalue weighted by Gasteiger charge is -2.44. The van der Waals surface area contributed by atoms with E-state index in [-0.39, 0.29) is 18.4 Å². The van der Waals surface area contributed by atoms with Gasteiger partial charge in [0.1, 0.15) is 17.0 Å². The summed E-state index contributed by atoms with van der Waals surface area (Å²) in [6.45, 7) is 5.33. The third-order valence-electron chi connectivity index (χ3n) is 6.72. The number of hydrogen-bond acceptors (Lipinski definition) is 3. The van der Waals surface area contributed by atoms with E-state index in [1.807, 2.05) is 103 Å². The minimum atomic E-state index is -1.10. The number of benzene rings is 3. The molecular formula is C29H29N3O3. The molecule has 1 aliphatic rings. The number of carbonyl (C=O) groups is 2. The molecule has 6 nitrogen and oxygen atoms in total. The second kappa shape index (κ2) is 9.29. The molecule has 0 saturated heterocycles. The van der Waals surface area contributed by atoms with Crippen molar-refractivity contribution in [3.8, 4) is 5.75 Å². The van der Waals surface area contributed by atoms with E-state index in [9.17, 15) is 9.59 Å². The van der Waals surface area contributed by atoms with Crippen molar-refractivity contribution in [2.24, 2.45) is 0 Å². The van der Waals surface area contributed by atoms with E-state index < -0.39 is 5.54 Å². The third-order valence-corrected chi connectivity index (χ3v) is 6.72. The molecule has 1 atom stereocenters. The van der Waals surface area contributed by atoms with Crippen LogP contribution in [0.25, 0.3) is 10.9 Å². The maximum absolute atomic E-state index is 13.9. The highest BCUT2D eigenvalue weighted by Crippen LogP contribution is 2.34. The lowest BCUT2D eigenvalue weighted by atomic mass is 9.93. The third kappa shape index (κ3) is 4.16. The normalized spacial score (nSPS) is 17.3. The Balaban J connectivity index is 1.54. The summed E-state index contributed by atoms with van der Waals surface area (Å²) in [5, 5.41) is 4.06. The van der Waals surface area contributed by atoms with Crippen molar-refractivity contribution in [1.29, 1.82) is 0 Å². The zero-order valence-electron chi connectivity index (χ0n) is 20.0. The number of para-hydroxylation sites is 2. The van der Waals surface area contributed by atoms with Crippen molar-refractivity contribution >= 4 is 22.7 Å². The van der Waals surface area contributed by atoms with Gasteiger partial charge in [0.25, 0.3) is 5.91 Å². The first-order chi connectivity index (χ1) is 17.0. The van der Waals surface area contributed by atoms with E-state index in [0.29, 0.717) is 25.4 Å². The molecular weight excluding hydrogens is 438 g/mol. The molecule has 3 aromatic carbocycles. The molecule has 6 heteroatoms. The van der Waals surface area contributed by atoms with Gasteiger partial charge in [-0.15, -0.1) is 0 Å². The topological polar surface area (TPSA) is 63.6 Å².